The van der Waals surface area contributed by atoms with Gasteiger partial charge in [-0.15, -0.1) is 0 Å². The molecule has 0 bridgehead atoms. The molecule has 76 valence electrons. The Bertz CT molecular complexity index is 303. The summed E-state index contributed by atoms with van der Waals surface area (Å²) in [5.41, 5.74) is 2.64. The summed E-state index contributed by atoms with van der Waals surface area (Å²) in [6, 6.07) is 20.5. The third kappa shape index (κ3) is 7.13. The molecule has 0 aromatic heterocycles. The molecule has 0 heterocycles. The number of hydrogen-bond donors (Lipinski definition) is 0. The van der Waals surface area contributed by atoms with E-state index in [1.165, 1.54) is 11.1 Å². The van der Waals surface area contributed by atoms with Crippen LogP contribution in [0.5, 0.6) is 0 Å². The van der Waals surface area contributed by atoms with Crippen molar-refractivity contribution in [1.82, 2.24) is 0 Å². The van der Waals surface area contributed by atoms with E-state index in [2.05, 4.69) is 38.1 Å². The number of aryl methyl sites for hydroxylation is 2. The first kappa shape index (κ1) is 14.2. The molecule has 2 aromatic rings. The summed E-state index contributed by atoms with van der Waals surface area (Å²) in [5.74, 6) is 0. The standard InChI is InChI=1S/2C7H8.Ti/c2*1-7-5-3-2-4-6-7;/h2*2-6H,1H3;. The largest absolute Gasteiger partial charge is 0.0622 e. The van der Waals surface area contributed by atoms with E-state index in [0.717, 1.165) is 0 Å². The summed E-state index contributed by atoms with van der Waals surface area (Å²) < 4.78 is 0. The van der Waals surface area contributed by atoms with Crippen LogP contribution in [0.15, 0.2) is 60.7 Å². The van der Waals surface area contributed by atoms with Gasteiger partial charge in [-0.25, -0.2) is 0 Å². The zero-order valence-corrected chi connectivity index (χ0v) is 10.8. The third-order valence-corrected chi connectivity index (χ3v) is 1.88. The molecule has 0 amide bonds. The molecule has 0 radical (unpaired) electrons. The van der Waals surface area contributed by atoms with Crippen LogP contribution in [0.25, 0.3) is 0 Å². The van der Waals surface area contributed by atoms with Gasteiger partial charge in [-0.2, -0.15) is 0 Å². The Labute approximate surface area is 107 Å². The zero-order chi connectivity index (χ0) is 10.2. The van der Waals surface area contributed by atoms with Crippen molar-refractivity contribution in [3.63, 3.8) is 0 Å². The Balaban J connectivity index is 0.000000245. The van der Waals surface area contributed by atoms with Gasteiger partial charge >= 0.3 is 0 Å². The SMILES string of the molecule is Cc1ccccc1.Cc1ccccc1.[Ti]. The summed E-state index contributed by atoms with van der Waals surface area (Å²) in [6.45, 7) is 4.17. The molecule has 0 aliphatic carbocycles. The molecule has 0 N–H and O–H groups in total. The average molecular weight is 232 g/mol. The van der Waals surface area contributed by atoms with E-state index in [9.17, 15) is 0 Å². The summed E-state index contributed by atoms with van der Waals surface area (Å²) >= 11 is 0. The van der Waals surface area contributed by atoms with E-state index in [0.29, 0.717) is 0 Å². The number of rotatable bonds is 0. The van der Waals surface area contributed by atoms with Gasteiger partial charge in [-0.05, 0) is 13.8 Å². The van der Waals surface area contributed by atoms with E-state index in [4.69, 9.17) is 0 Å². The topological polar surface area (TPSA) is 0 Å². The molecule has 0 unspecified atom stereocenters. The molecule has 0 saturated carbocycles. The first-order chi connectivity index (χ1) is 6.79. The average Bonchev–Trinajstić information content (AvgIpc) is 2.21. The maximum Gasteiger partial charge on any atom is 0 e. The second-order valence-corrected chi connectivity index (χ2v) is 3.31. The van der Waals surface area contributed by atoms with E-state index in [1.807, 2.05) is 36.4 Å². The van der Waals surface area contributed by atoms with Crippen LogP contribution in [-0.2, 0) is 21.7 Å². The van der Waals surface area contributed by atoms with Crippen molar-refractivity contribution in [2.24, 2.45) is 0 Å². The Morgan fingerprint density at radius 3 is 0.933 bits per heavy atom. The second kappa shape index (κ2) is 8.46. The van der Waals surface area contributed by atoms with Gasteiger partial charge in [-0.1, -0.05) is 71.8 Å². The minimum atomic E-state index is 0. The van der Waals surface area contributed by atoms with Gasteiger partial charge in [0.2, 0.25) is 0 Å². The maximum absolute atomic E-state index is 2.08. The predicted molar refractivity (Wildman–Crippen MR) is 62.4 cm³/mol. The van der Waals surface area contributed by atoms with Gasteiger partial charge in [0.05, 0.1) is 0 Å². The van der Waals surface area contributed by atoms with Gasteiger partial charge in [0, 0.05) is 21.7 Å². The Morgan fingerprint density at radius 2 is 0.800 bits per heavy atom. The molecule has 0 aliphatic heterocycles. The van der Waals surface area contributed by atoms with E-state index >= 15 is 0 Å². The molecule has 2 rings (SSSR count). The second-order valence-electron chi connectivity index (χ2n) is 3.31. The van der Waals surface area contributed by atoms with Crippen LogP contribution in [0.1, 0.15) is 11.1 Å². The fourth-order valence-electron chi connectivity index (χ4n) is 1.07. The Kier molecular flexibility index (Phi) is 7.98. The van der Waals surface area contributed by atoms with Crippen LogP contribution in [0.3, 0.4) is 0 Å². The summed E-state index contributed by atoms with van der Waals surface area (Å²) in [7, 11) is 0. The van der Waals surface area contributed by atoms with Crippen LogP contribution >= 0.6 is 0 Å². The fourth-order valence-corrected chi connectivity index (χ4v) is 1.07. The maximum atomic E-state index is 2.08. The molecule has 0 aliphatic rings. The monoisotopic (exact) mass is 232 g/mol. The summed E-state index contributed by atoms with van der Waals surface area (Å²) in [5, 5.41) is 0. The van der Waals surface area contributed by atoms with Gasteiger partial charge in [-0.3, -0.25) is 0 Å². The molecule has 1 heteroatoms. The molecular formula is C14H16Ti. The Morgan fingerprint density at radius 1 is 0.533 bits per heavy atom. The Hall–Kier alpha value is -0.846. The van der Waals surface area contributed by atoms with Crippen molar-refractivity contribution in [3.8, 4) is 0 Å². The van der Waals surface area contributed by atoms with Gasteiger partial charge in [0.1, 0.15) is 0 Å². The fraction of sp³-hybridized carbons (Fsp3) is 0.143. The van der Waals surface area contributed by atoms with Crippen LogP contribution in [-0.4, -0.2) is 0 Å². The van der Waals surface area contributed by atoms with Gasteiger partial charge in [0.25, 0.3) is 0 Å². The summed E-state index contributed by atoms with van der Waals surface area (Å²) in [4.78, 5) is 0. The quantitative estimate of drug-likeness (QED) is 0.602. The van der Waals surface area contributed by atoms with Crippen molar-refractivity contribution >= 4 is 0 Å². The smallest absolute Gasteiger partial charge is 0 e. The third-order valence-electron chi connectivity index (χ3n) is 1.88. The summed E-state index contributed by atoms with van der Waals surface area (Å²) in [6.07, 6.45) is 0. The van der Waals surface area contributed by atoms with Crippen molar-refractivity contribution < 1.29 is 21.7 Å². The van der Waals surface area contributed by atoms with E-state index in [1.54, 1.807) is 0 Å². The molecular weight excluding hydrogens is 216 g/mol. The van der Waals surface area contributed by atoms with E-state index in [-0.39, 0.29) is 21.7 Å². The minimum absolute atomic E-state index is 0. The minimum Gasteiger partial charge on any atom is -0.0622 e. The molecule has 0 nitrogen and oxygen atoms in total. The van der Waals surface area contributed by atoms with Gasteiger partial charge in [0.15, 0.2) is 0 Å². The normalized spacial score (nSPS) is 8.13. The molecule has 15 heavy (non-hydrogen) atoms. The van der Waals surface area contributed by atoms with Crippen molar-refractivity contribution in [2.75, 3.05) is 0 Å². The predicted octanol–water partition coefficient (Wildman–Crippen LogP) is 3.99. The van der Waals surface area contributed by atoms with Crippen LogP contribution in [0.2, 0.25) is 0 Å². The van der Waals surface area contributed by atoms with Crippen molar-refractivity contribution in [2.45, 2.75) is 13.8 Å². The molecule has 0 atom stereocenters. The van der Waals surface area contributed by atoms with Gasteiger partial charge < -0.3 is 0 Å². The first-order valence-electron chi connectivity index (χ1n) is 4.82. The molecule has 0 fully saturated rings. The molecule has 2 aromatic carbocycles. The van der Waals surface area contributed by atoms with Crippen LogP contribution in [0.4, 0.5) is 0 Å². The molecule has 0 spiro atoms. The van der Waals surface area contributed by atoms with Crippen LogP contribution in [0, 0.1) is 13.8 Å². The number of benzene rings is 2. The van der Waals surface area contributed by atoms with Crippen LogP contribution < -0.4 is 0 Å². The number of hydrogen-bond acceptors (Lipinski definition) is 0. The van der Waals surface area contributed by atoms with Crippen molar-refractivity contribution in [3.05, 3.63) is 71.8 Å². The first-order valence-corrected chi connectivity index (χ1v) is 4.82. The van der Waals surface area contributed by atoms with E-state index < -0.39 is 0 Å². The molecule has 0 saturated heterocycles. The van der Waals surface area contributed by atoms with Crippen molar-refractivity contribution in [1.29, 1.82) is 0 Å². The zero-order valence-electron chi connectivity index (χ0n) is 9.27.